The molecule has 2 N–H and O–H groups in total. The summed E-state index contributed by atoms with van der Waals surface area (Å²) in [6, 6.07) is 4.61. The van der Waals surface area contributed by atoms with Crippen molar-refractivity contribution >= 4 is 33.5 Å². The number of carboxylic acid groups (broad SMARTS) is 1. The van der Waals surface area contributed by atoms with Crippen molar-refractivity contribution in [1.29, 1.82) is 0 Å². The van der Waals surface area contributed by atoms with Crippen LogP contribution in [0.3, 0.4) is 0 Å². The fraction of sp³-hybridized carbons (Fsp3) is 0.0909. The minimum atomic E-state index is -1.11. The van der Waals surface area contributed by atoms with Crippen LogP contribution in [-0.4, -0.2) is 17.0 Å². The molecular weight excluding hydrogens is 274 g/mol. The van der Waals surface area contributed by atoms with Gasteiger partial charge in [0.05, 0.1) is 17.7 Å². The maximum Gasteiger partial charge on any atom is 0.337 e. The molecule has 0 aliphatic heterocycles. The van der Waals surface area contributed by atoms with Crippen molar-refractivity contribution in [3.8, 4) is 12.3 Å². The summed E-state index contributed by atoms with van der Waals surface area (Å²) < 4.78 is 0.498. The molecule has 0 unspecified atom stereocenters. The molecule has 0 aliphatic carbocycles. The quantitative estimate of drug-likeness (QED) is 0.834. The van der Waals surface area contributed by atoms with Gasteiger partial charge in [-0.15, -0.1) is 6.42 Å². The zero-order chi connectivity index (χ0) is 12.1. The van der Waals surface area contributed by atoms with E-state index in [-0.39, 0.29) is 17.7 Å². The Bertz CT molecular complexity index is 477. The van der Waals surface area contributed by atoms with Gasteiger partial charge in [0.15, 0.2) is 0 Å². The van der Waals surface area contributed by atoms with Gasteiger partial charge in [-0.3, -0.25) is 4.79 Å². The maximum atomic E-state index is 11.3. The Hall–Kier alpha value is -1.80. The Balaban J connectivity index is 3.07. The molecule has 0 aliphatic rings. The van der Waals surface area contributed by atoms with Crippen molar-refractivity contribution < 1.29 is 14.7 Å². The number of amides is 1. The maximum absolute atomic E-state index is 11.3. The van der Waals surface area contributed by atoms with Gasteiger partial charge in [0.1, 0.15) is 0 Å². The van der Waals surface area contributed by atoms with E-state index in [0.717, 1.165) is 0 Å². The van der Waals surface area contributed by atoms with Gasteiger partial charge in [0.25, 0.3) is 0 Å². The molecule has 0 atom stereocenters. The molecule has 1 rings (SSSR count). The number of halogens is 1. The van der Waals surface area contributed by atoms with E-state index in [1.54, 1.807) is 12.1 Å². The molecule has 1 amide bonds. The van der Waals surface area contributed by atoms with Crippen molar-refractivity contribution in [3.63, 3.8) is 0 Å². The van der Waals surface area contributed by atoms with E-state index in [2.05, 4.69) is 27.2 Å². The number of aromatic carboxylic acids is 1. The number of carbonyl (C=O) groups is 2. The SMILES string of the molecule is C#CCC(=O)Nc1c(Br)cccc1C(=O)O. The molecule has 0 saturated heterocycles. The number of carbonyl (C=O) groups excluding carboxylic acids is 1. The summed E-state index contributed by atoms with van der Waals surface area (Å²) in [6.45, 7) is 0. The van der Waals surface area contributed by atoms with E-state index < -0.39 is 11.9 Å². The number of hydrogen-bond donors (Lipinski definition) is 2. The first-order chi connectivity index (χ1) is 7.56. The van der Waals surface area contributed by atoms with Crippen molar-refractivity contribution in [2.75, 3.05) is 5.32 Å². The predicted octanol–water partition coefficient (Wildman–Crippen LogP) is 2.11. The number of anilines is 1. The van der Waals surface area contributed by atoms with Gasteiger partial charge < -0.3 is 10.4 Å². The molecule has 0 saturated carbocycles. The van der Waals surface area contributed by atoms with E-state index in [1.165, 1.54) is 6.07 Å². The number of terminal acetylenes is 1. The zero-order valence-corrected chi connectivity index (χ0v) is 9.74. The van der Waals surface area contributed by atoms with Gasteiger partial charge in [-0.05, 0) is 28.1 Å². The fourth-order valence-corrected chi connectivity index (χ4v) is 1.57. The smallest absolute Gasteiger partial charge is 0.337 e. The summed E-state index contributed by atoms with van der Waals surface area (Å²) in [5.74, 6) is 0.648. The van der Waals surface area contributed by atoms with Crippen molar-refractivity contribution in [3.05, 3.63) is 28.2 Å². The lowest BCUT2D eigenvalue weighted by molar-refractivity contribution is -0.115. The van der Waals surface area contributed by atoms with Gasteiger partial charge >= 0.3 is 5.97 Å². The van der Waals surface area contributed by atoms with Gasteiger partial charge in [0.2, 0.25) is 5.91 Å². The highest BCUT2D eigenvalue weighted by molar-refractivity contribution is 9.10. The number of rotatable bonds is 3. The van der Waals surface area contributed by atoms with Crippen LogP contribution in [-0.2, 0) is 4.79 Å². The van der Waals surface area contributed by atoms with Crippen LogP contribution in [0.5, 0.6) is 0 Å². The van der Waals surface area contributed by atoms with Crippen molar-refractivity contribution in [2.24, 2.45) is 0 Å². The lowest BCUT2D eigenvalue weighted by atomic mass is 10.2. The normalized spacial score (nSPS) is 9.25. The molecule has 0 heterocycles. The molecule has 1 aromatic carbocycles. The van der Waals surface area contributed by atoms with E-state index >= 15 is 0 Å². The minimum Gasteiger partial charge on any atom is -0.478 e. The van der Waals surface area contributed by atoms with Crippen molar-refractivity contribution in [1.82, 2.24) is 0 Å². The predicted molar refractivity (Wildman–Crippen MR) is 63.2 cm³/mol. The Morgan fingerprint density at radius 1 is 1.50 bits per heavy atom. The first kappa shape index (κ1) is 12.3. The molecule has 0 radical (unpaired) electrons. The van der Waals surface area contributed by atoms with Gasteiger partial charge in [0, 0.05) is 4.47 Å². The number of hydrogen-bond acceptors (Lipinski definition) is 2. The van der Waals surface area contributed by atoms with Crippen LogP contribution in [0.4, 0.5) is 5.69 Å². The standard InChI is InChI=1S/C11H8BrNO3/c1-2-4-9(14)13-10-7(11(15)16)5-3-6-8(10)12/h1,3,5-6H,4H2,(H,13,14)(H,15,16). The third kappa shape index (κ3) is 2.84. The van der Waals surface area contributed by atoms with Crippen LogP contribution in [0.25, 0.3) is 0 Å². The second-order valence-electron chi connectivity index (χ2n) is 2.90. The molecular formula is C11H8BrNO3. The Kier molecular flexibility index (Phi) is 4.09. The van der Waals surface area contributed by atoms with Crippen LogP contribution in [0.2, 0.25) is 0 Å². The summed E-state index contributed by atoms with van der Waals surface area (Å²) >= 11 is 3.17. The molecule has 0 aromatic heterocycles. The molecule has 0 bridgehead atoms. The van der Waals surface area contributed by atoms with Crippen molar-refractivity contribution in [2.45, 2.75) is 6.42 Å². The third-order valence-corrected chi connectivity index (χ3v) is 2.43. The Morgan fingerprint density at radius 3 is 2.75 bits per heavy atom. The first-order valence-electron chi connectivity index (χ1n) is 4.31. The Morgan fingerprint density at radius 2 is 2.19 bits per heavy atom. The minimum absolute atomic E-state index is 0.0137. The van der Waals surface area contributed by atoms with Crippen LogP contribution in [0.1, 0.15) is 16.8 Å². The monoisotopic (exact) mass is 281 g/mol. The summed E-state index contributed by atoms with van der Waals surface area (Å²) in [4.78, 5) is 22.2. The average molecular weight is 282 g/mol. The highest BCUT2D eigenvalue weighted by Crippen LogP contribution is 2.26. The number of benzene rings is 1. The van der Waals surface area contributed by atoms with E-state index in [4.69, 9.17) is 11.5 Å². The second kappa shape index (κ2) is 5.33. The summed E-state index contributed by atoms with van der Waals surface area (Å²) in [6.07, 6.45) is 4.88. The number of nitrogens with one attached hydrogen (secondary N) is 1. The first-order valence-corrected chi connectivity index (χ1v) is 5.10. The fourth-order valence-electron chi connectivity index (χ4n) is 1.11. The third-order valence-electron chi connectivity index (χ3n) is 1.77. The van der Waals surface area contributed by atoms with Crippen LogP contribution in [0.15, 0.2) is 22.7 Å². The molecule has 0 fully saturated rings. The van der Waals surface area contributed by atoms with Crippen LogP contribution < -0.4 is 5.32 Å². The molecule has 16 heavy (non-hydrogen) atoms. The highest BCUT2D eigenvalue weighted by atomic mass is 79.9. The molecule has 0 spiro atoms. The van der Waals surface area contributed by atoms with Gasteiger partial charge in [-0.25, -0.2) is 4.79 Å². The van der Waals surface area contributed by atoms with E-state index in [1.807, 2.05) is 0 Å². The van der Waals surface area contributed by atoms with E-state index in [9.17, 15) is 9.59 Å². The molecule has 5 heteroatoms. The van der Waals surface area contributed by atoms with Crippen LogP contribution in [0, 0.1) is 12.3 Å². The largest absolute Gasteiger partial charge is 0.478 e. The topological polar surface area (TPSA) is 66.4 Å². The Labute approximate surface area is 101 Å². The number of carboxylic acids is 1. The number of para-hydroxylation sites is 1. The summed E-state index contributed by atoms with van der Waals surface area (Å²) in [5, 5.41) is 11.4. The molecule has 4 nitrogen and oxygen atoms in total. The summed E-state index contributed by atoms with van der Waals surface area (Å²) in [5.41, 5.74) is 0.231. The summed E-state index contributed by atoms with van der Waals surface area (Å²) in [7, 11) is 0. The van der Waals surface area contributed by atoms with Crippen LogP contribution >= 0.6 is 15.9 Å². The average Bonchev–Trinajstić information content (AvgIpc) is 2.21. The molecule has 1 aromatic rings. The van der Waals surface area contributed by atoms with Gasteiger partial charge in [-0.2, -0.15) is 0 Å². The lowest BCUT2D eigenvalue weighted by Gasteiger charge is -2.09. The second-order valence-corrected chi connectivity index (χ2v) is 3.75. The lowest BCUT2D eigenvalue weighted by Crippen LogP contribution is -2.14. The molecule has 82 valence electrons. The van der Waals surface area contributed by atoms with Gasteiger partial charge in [-0.1, -0.05) is 12.0 Å². The zero-order valence-electron chi connectivity index (χ0n) is 8.16. The highest BCUT2D eigenvalue weighted by Gasteiger charge is 2.14. The van der Waals surface area contributed by atoms with E-state index in [0.29, 0.717) is 4.47 Å².